The zero-order valence-electron chi connectivity index (χ0n) is 20.7. The minimum Gasteiger partial charge on any atom is -0.497 e. The number of benzene rings is 2. The van der Waals surface area contributed by atoms with Gasteiger partial charge in [0.1, 0.15) is 17.9 Å². The summed E-state index contributed by atoms with van der Waals surface area (Å²) in [5.41, 5.74) is 2.99. The van der Waals surface area contributed by atoms with Gasteiger partial charge < -0.3 is 9.64 Å². The molecule has 9 nitrogen and oxygen atoms in total. The third-order valence-corrected chi connectivity index (χ3v) is 8.53. The molecule has 4 aromatic rings. The molecule has 0 spiro atoms. The summed E-state index contributed by atoms with van der Waals surface area (Å²) in [5, 5.41) is 4.43. The first-order valence-electron chi connectivity index (χ1n) is 12.1. The maximum Gasteiger partial charge on any atom is 0.254 e. The molecular formula is C26H30N6O3S. The van der Waals surface area contributed by atoms with Crippen molar-refractivity contribution in [3.05, 3.63) is 66.6 Å². The molecule has 3 heterocycles. The first-order valence-corrected chi connectivity index (χ1v) is 13.5. The van der Waals surface area contributed by atoms with E-state index in [0.717, 1.165) is 28.3 Å². The van der Waals surface area contributed by atoms with Gasteiger partial charge in [-0.25, -0.2) is 13.4 Å². The number of hydrogen-bond acceptors (Lipinski definition) is 7. The molecule has 0 aliphatic carbocycles. The Morgan fingerprint density at radius 1 is 0.917 bits per heavy atom. The summed E-state index contributed by atoms with van der Waals surface area (Å²) >= 11 is 0. The van der Waals surface area contributed by atoms with Crippen LogP contribution in [-0.2, 0) is 10.0 Å². The molecule has 0 radical (unpaired) electrons. The van der Waals surface area contributed by atoms with Crippen LogP contribution in [0.5, 0.6) is 5.75 Å². The fourth-order valence-corrected chi connectivity index (χ4v) is 6.03. The first kappa shape index (κ1) is 24.2. The van der Waals surface area contributed by atoms with Crippen molar-refractivity contribution < 1.29 is 13.2 Å². The molecule has 5 rings (SSSR count). The number of fused-ring (bicyclic) bond motifs is 1. The molecule has 0 N–H and O–H groups in total. The zero-order chi connectivity index (χ0) is 25.3. The predicted molar refractivity (Wildman–Crippen MR) is 139 cm³/mol. The van der Waals surface area contributed by atoms with Crippen molar-refractivity contribution in [3.63, 3.8) is 0 Å². The fourth-order valence-electron chi connectivity index (χ4n) is 4.57. The largest absolute Gasteiger partial charge is 0.497 e. The van der Waals surface area contributed by atoms with Crippen LogP contribution < -0.4 is 9.64 Å². The Balaban J connectivity index is 1.45. The summed E-state index contributed by atoms with van der Waals surface area (Å²) in [5.74, 6) is 2.47. The minimum absolute atomic E-state index is 0.335. The average Bonchev–Trinajstić information content (AvgIpc) is 3.24. The zero-order valence-corrected chi connectivity index (χ0v) is 21.5. The molecule has 0 atom stereocenters. The summed E-state index contributed by atoms with van der Waals surface area (Å²) in [6, 6.07) is 15.0. The lowest BCUT2D eigenvalue weighted by molar-refractivity contribution is 0.415. The third kappa shape index (κ3) is 4.54. The number of anilines is 1. The number of rotatable bonds is 6. The van der Waals surface area contributed by atoms with Crippen LogP contribution in [-0.4, -0.2) is 65.6 Å². The van der Waals surface area contributed by atoms with Crippen molar-refractivity contribution in [2.75, 3.05) is 38.2 Å². The van der Waals surface area contributed by atoms with Gasteiger partial charge in [-0.2, -0.15) is 18.9 Å². The van der Waals surface area contributed by atoms with Crippen LogP contribution in [0, 0.1) is 0 Å². The van der Waals surface area contributed by atoms with E-state index in [2.05, 4.69) is 33.8 Å². The average molecular weight is 507 g/mol. The van der Waals surface area contributed by atoms with Crippen LogP contribution in [0.3, 0.4) is 0 Å². The molecule has 188 valence electrons. The highest BCUT2D eigenvalue weighted by Crippen LogP contribution is 2.32. The smallest absolute Gasteiger partial charge is 0.254 e. The van der Waals surface area contributed by atoms with Crippen LogP contribution in [0.1, 0.15) is 31.7 Å². The summed E-state index contributed by atoms with van der Waals surface area (Å²) in [6.45, 7) is 6.21. The Bertz CT molecular complexity index is 1450. The van der Waals surface area contributed by atoms with E-state index in [1.54, 1.807) is 34.3 Å². The molecule has 36 heavy (non-hydrogen) atoms. The molecule has 0 saturated carbocycles. The van der Waals surface area contributed by atoms with E-state index in [-0.39, 0.29) is 0 Å². The number of sulfonamides is 1. The molecule has 1 aliphatic heterocycles. The van der Waals surface area contributed by atoms with Crippen LogP contribution >= 0.6 is 0 Å². The van der Waals surface area contributed by atoms with Gasteiger partial charge in [-0.15, -0.1) is 0 Å². The third-order valence-electron chi connectivity index (χ3n) is 6.62. The number of hydrogen-bond donors (Lipinski definition) is 0. The second kappa shape index (κ2) is 9.87. The summed E-state index contributed by atoms with van der Waals surface area (Å²) in [4.78, 5) is 11.3. The van der Waals surface area contributed by atoms with Crippen LogP contribution in [0.15, 0.2) is 66.0 Å². The maximum absolute atomic E-state index is 13.4. The Kier molecular flexibility index (Phi) is 6.63. The molecule has 0 amide bonds. The summed E-state index contributed by atoms with van der Waals surface area (Å²) in [6.07, 6.45) is 3.97. The van der Waals surface area contributed by atoms with Gasteiger partial charge in [0.15, 0.2) is 0 Å². The lowest BCUT2D eigenvalue weighted by Gasteiger charge is -2.26. The number of ether oxygens (including phenoxy) is 1. The molecule has 10 heteroatoms. The fraction of sp³-hybridized carbons (Fsp3) is 0.346. The number of aromatic nitrogens is 4. The maximum atomic E-state index is 13.4. The topological polar surface area (TPSA) is 92.9 Å². The van der Waals surface area contributed by atoms with E-state index < -0.39 is 10.0 Å². The van der Waals surface area contributed by atoms with Gasteiger partial charge in [0.2, 0.25) is 10.0 Å². The van der Waals surface area contributed by atoms with Gasteiger partial charge in [-0.1, -0.05) is 38.1 Å². The molecule has 2 aromatic carbocycles. The van der Waals surface area contributed by atoms with Crippen LogP contribution in [0.4, 0.5) is 5.82 Å². The SMILES string of the molecule is COc1ccc(-c2cnc3ncnn3c2N2CCCN(S(=O)(=O)c3ccc(C(C)C)cc3)CC2)cc1. The van der Waals surface area contributed by atoms with Gasteiger partial charge in [-0.3, -0.25) is 0 Å². The Morgan fingerprint density at radius 3 is 2.36 bits per heavy atom. The lowest BCUT2D eigenvalue weighted by Crippen LogP contribution is -2.35. The van der Waals surface area contributed by atoms with Gasteiger partial charge >= 0.3 is 0 Å². The van der Waals surface area contributed by atoms with E-state index >= 15 is 0 Å². The standard InChI is InChI=1S/C26H30N6O3S/c1-19(2)20-7-11-23(12-8-20)36(33,34)31-14-4-13-30(15-16-31)25-24(17-27-26-28-18-29-32(25)26)21-5-9-22(35-3)10-6-21/h5-12,17-19H,4,13-16H2,1-3H3. The van der Waals surface area contributed by atoms with E-state index in [4.69, 9.17) is 4.74 Å². The van der Waals surface area contributed by atoms with Crippen molar-refractivity contribution in [1.29, 1.82) is 0 Å². The van der Waals surface area contributed by atoms with Crippen molar-refractivity contribution in [3.8, 4) is 16.9 Å². The lowest BCUT2D eigenvalue weighted by atomic mass is 10.0. The first-order chi connectivity index (χ1) is 17.4. The minimum atomic E-state index is -3.59. The van der Waals surface area contributed by atoms with E-state index in [1.807, 2.05) is 36.4 Å². The molecule has 1 saturated heterocycles. The van der Waals surface area contributed by atoms with Gasteiger partial charge in [-0.05, 0) is 47.7 Å². The van der Waals surface area contributed by atoms with E-state index in [9.17, 15) is 8.42 Å². The highest BCUT2D eigenvalue weighted by atomic mass is 32.2. The summed E-state index contributed by atoms with van der Waals surface area (Å²) in [7, 11) is -1.95. The second-order valence-electron chi connectivity index (χ2n) is 9.16. The second-order valence-corrected chi connectivity index (χ2v) is 11.1. The summed E-state index contributed by atoms with van der Waals surface area (Å²) < 4.78 is 35.5. The Morgan fingerprint density at radius 2 is 1.67 bits per heavy atom. The van der Waals surface area contributed by atoms with Crippen molar-refractivity contribution in [2.24, 2.45) is 0 Å². The normalized spacial score (nSPS) is 15.4. The van der Waals surface area contributed by atoms with E-state index in [0.29, 0.717) is 49.2 Å². The molecule has 0 unspecified atom stereocenters. The molecule has 1 aliphatic rings. The van der Waals surface area contributed by atoms with Crippen LogP contribution in [0.2, 0.25) is 0 Å². The Hall–Kier alpha value is -3.50. The molecule has 2 aromatic heterocycles. The van der Waals surface area contributed by atoms with E-state index in [1.165, 1.54) is 6.33 Å². The molecule has 0 bridgehead atoms. The van der Waals surface area contributed by atoms with Crippen molar-refractivity contribution >= 4 is 21.6 Å². The molecule has 1 fully saturated rings. The van der Waals surface area contributed by atoms with Gasteiger partial charge in [0.25, 0.3) is 5.78 Å². The van der Waals surface area contributed by atoms with Crippen LogP contribution in [0.25, 0.3) is 16.9 Å². The van der Waals surface area contributed by atoms with Gasteiger partial charge in [0, 0.05) is 37.9 Å². The van der Waals surface area contributed by atoms with Gasteiger partial charge in [0.05, 0.1) is 12.0 Å². The highest BCUT2D eigenvalue weighted by Gasteiger charge is 2.29. The monoisotopic (exact) mass is 506 g/mol. The predicted octanol–water partition coefficient (Wildman–Crippen LogP) is 3.82. The van der Waals surface area contributed by atoms with Crippen molar-refractivity contribution in [2.45, 2.75) is 31.1 Å². The number of nitrogens with zero attached hydrogens (tertiary/aromatic N) is 6. The number of methoxy groups -OCH3 is 1. The highest BCUT2D eigenvalue weighted by molar-refractivity contribution is 7.89. The Labute approximate surface area is 211 Å². The van der Waals surface area contributed by atoms with Crippen molar-refractivity contribution in [1.82, 2.24) is 23.9 Å². The molecular weight excluding hydrogens is 476 g/mol. The quantitative estimate of drug-likeness (QED) is 0.392.